The van der Waals surface area contributed by atoms with Gasteiger partial charge in [0, 0.05) is 45.0 Å². The Morgan fingerprint density at radius 2 is 1.54 bits per heavy atom. The number of halogens is 2. The molecular weight excluding hydrogens is 383 g/mol. The van der Waals surface area contributed by atoms with Gasteiger partial charge < -0.3 is 20.0 Å². The Bertz CT molecular complexity index is 835. The summed E-state index contributed by atoms with van der Waals surface area (Å²) in [5, 5.41) is 11.5. The summed E-state index contributed by atoms with van der Waals surface area (Å²) in [5.74, 6) is 1.25. The van der Waals surface area contributed by atoms with Crippen LogP contribution in [0, 0.1) is 5.82 Å². The maximum Gasteiger partial charge on any atom is 0.321 e. The molecule has 2 fully saturated rings. The molecule has 1 N–H and O–H groups in total. The second-order valence-corrected chi connectivity index (χ2v) is 7.38. The number of piperazine rings is 1. The van der Waals surface area contributed by atoms with Crippen molar-refractivity contribution in [3.63, 3.8) is 0 Å². The zero-order valence-corrected chi connectivity index (χ0v) is 16.2. The highest BCUT2D eigenvalue weighted by atomic mass is 35.5. The van der Waals surface area contributed by atoms with E-state index < -0.39 is 5.82 Å². The van der Waals surface area contributed by atoms with E-state index in [1.807, 2.05) is 12.1 Å². The lowest BCUT2D eigenvalue weighted by molar-refractivity contribution is 0.208. The van der Waals surface area contributed by atoms with E-state index in [0.29, 0.717) is 31.9 Å². The average molecular weight is 405 g/mol. The molecule has 2 aliphatic rings. The molecular formula is C19H22ClFN6O. The van der Waals surface area contributed by atoms with Gasteiger partial charge in [-0.05, 0) is 43.2 Å². The van der Waals surface area contributed by atoms with E-state index in [0.717, 1.165) is 24.7 Å². The maximum atomic E-state index is 13.2. The first-order chi connectivity index (χ1) is 13.6. The lowest BCUT2D eigenvalue weighted by Gasteiger charge is -2.35. The van der Waals surface area contributed by atoms with Crippen molar-refractivity contribution in [1.82, 2.24) is 15.1 Å². The van der Waals surface area contributed by atoms with Crippen LogP contribution in [-0.2, 0) is 0 Å². The molecule has 0 bridgehead atoms. The molecule has 148 valence electrons. The average Bonchev–Trinajstić information content (AvgIpc) is 3.26. The van der Waals surface area contributed by atoms with Gasteiger partial charge in [-0.1, -0.05) is 11.6 Å². The number of amides is 2. The number of hydrogen-bond acceptors (Lipinski definition) is 5. The highest BCUT2D eigenvalue weighted by Crippen LogP contribution is 2.21. The molecule has 0 radical (unpaired) electrons. The minimum absolute atomic E-state index is 0.0152. The van der Waals surface area contributed by atoms with Crippen LogP contribution in [0.1, 0.15) is 12.8 Å². The van der Waals surface area contributed by atoms with Crippen LogP contribution < -0.4 is 15.1 Å². The van der Waals surface area contributed by atoms with Gasteiger partial charge in [0.15, 0.2) is 11.6 Å². The van der Waals surface area contributed by atoms with Crippen molar-refractivity contribution in [2.45, 2.75) is 12.8 Å². The molecule has 7 nitrogen and oxygen atoms in total. The fourth-order valence-corrected chi connectivity index (χ4v) is 3.70. The molecule has 2 aliphatic heterocycles. The Balaban J connectivity index is 1.31. The van der Waals surface area contributed by atoms with Crippen molar-refractivity contribution in [2.75, 3.05) is 54.4 Å². The minimum Gasteiger partial charge on any atom is -0.355 e. The molecule has 1 aromatic carbocycles. The normalized spacial score (nSPS) is 17.1. The van der Waals surface area contributed by atoms with E-state index >= 15 is 0 Å². The third-order valence-electron chi connectivity index (χ3n) is 5.13. The van der Waals surface area contributed by atoms with E-state index in [4.69, 9.17) is 11.6 Å². The highest BCUT2D eigenvalue weighted by Gasteiger charge is 2.23. The Morgan fingerprint density at radius 1 is 0.929 bits per heavy atom. The minimum atomic E-state index is -0.509. The number of carbonyl (C=O) groups is 1. The SMILES string of the molecule is O=C(Nc1ccc(F)c(Cl)c1)N1CCN(c2ccc(N3CCCC3)nn2)CC1. The van der Waals surface area contributed by atoms with E-state index in [1.54, 1.807) is 4.90 Å². The number of carbonyl (C=O) groups excluding carboxylic acids is 1. The predicted molar refractivity (Wildman–Crippen MR) is 108 cm³/mol. The maximum absolute atomic E-state index is 13.2. The van der Waals surface area contributed by atoms with Crippen LogP contribution in [0.4, 0.5) is 26.5 Å². The number of benzene rings is 1. The quantitative estimate of drug-likeness (QED) is 0.850. The topological polar surface area (TPSA) is 64.6 Å². The fraction of sp³-hybridized carbons (Fsp3) is 0.421. The zero-order valence-electron chi connectivity index (χ0n) is 15.4. The first kappa shape index (κ1) is 18.7. The summed E-state index contributed by atoms with van der Waals surface area (Å²) >= 11 is 5.76. The van der Waals surface area contributed by atoms with Crippen molar-refractivity contribution in [3.8, 4) is 0 Å². The van der Waals surface area contributed by atoms with E-state index in [-0.39, 0.29) is 11.1 Å². The van der Waals surface area contributed by atoms with Crippen LogP contribution in [0.3, 0.4) is 0 Å². The lowest BCUT2D eigenvalue weighted by atomic mass is 10.3. The van der Waals surface area contributed by atoms with Crippen LogP contribution in [0.15, 0.2) is 30.3 Å². The van der Waals surface area contributed by atoms with Crippen LogP contribution in [-0.4, -0.2) is 60.4 Å². The van der Waals surface area contributed by atoms with Gasteiger partial charge in [0.05, 0.1) is 5.02 Å². The summed E-state index contributed by atoms with van der Waals surface area (Å²) in [6, 6.07) is 7.93. The predicted octanol–water partition coefficient (Wildman–Crippen LogP) is 3.22. The second-order valence-electron chi connectivity index (χ2n) is 6.98. The van der Waals surface area contributed by atoms with Gasteiger partial charge in [-0.3, -0.25) is 0 Å². The Labute approximate surface area is 168 Å². The summed E-state index contributed by atoms with van der Waals surface area (Å²) < 4.78 is 13.2. The van der Waals surface area contributed by atoms with Crippen LogP contribution >= 0.6 is 11.6 Å². The fourth-order valence-electron chi connectivity index (χ4n) is 3.52. The van der Waals surface area contributed by atoms with Crippen molar-refractivity contribution in [3.05, 3.63) is 41.2 Å². The molecule has 0 saturated carbocycles. The van der Waals surface area contributed by atoms with Crippen LogP contribution in [0.5, 0.6) is 0 Å². The molecule has 0 aliphatic carbocycles. The molecule has 1 aromatic heterocycles. The number of rotatable bonds is 3. The number of urea groups is 1. The molecule has 3 heterocycles. The van der Waals surface area contributed by atoms with Crippen molar-refractivity contribution in [2.24, 2.45) is 0 Å². The smallest absolute Gasteiger partial charge is 0.321 e. The van der Waals surface area contributed by atoms with Crippen LogP contribution in [0.2, 0.25) is 5.02 Å². The number of anilines is 3. The van der Waals surface area contributed by atoms with E-state index in [1.165, 1.54) is 31.0 Å². The Hall–Kier alpha value is -2.61. The van der Waals surface area contributed by atoms with Gasteiger partial charge in [-0.2, -0.15) is 0 Å². The highest BCUT2D eigenvalue weighted by molar-refractivity contribution is 6.31. The number of nitrogens with one attached hydrogen (secondary N) is 1. The van der Waals surface area contributed by atoms with Gasteiger partial charge in [0.25, 0.3) is 0 Å². The van der Waals surface area contributed by atoms with Crippen molar-refractivity contribution in [1.29, 1.82) is 0 Å². The third kappa shape index (κ3) is 4.11. The van der Waals surface area contributed by atoms with Gasteiger partial charge in [0.2, 0.25) is 0 Å². The largest absolute Gasteiger partial charge is 0.355 e. The van der Waals surface area contributed by atoms with Gasteiger partial charge >= 0.3 is 6.03 Å². The number of aromatic nitrogens is 2. The van der Waals surface area contributed by atoms with Crippen LogP contribution in [0.25, 0.3) is 0 Å². The summed E-state index contributed by atoms with van der Waals surface area (Å²) in [7, 11) is 0. The van der Waals surface area contributed by atoms with Gasteiger partial charge in [-0.15, -0.1) is 10.2 Å². The van der Waals surface area contributed by atoms with Gasteiger partial charge in [0.1, 0.15) is 5.82 Å². The first-order valence-electron chi connectivity index (χ1n) is 9.45. The summed E-state index contributed by atoms with van der Waals surface area (Å²) in [6.07, 6.45) is 2.41. The molecule has 0 unspecified atom stereocenters. The summed E-state index contributed by atoms with van der Waals surface area (Å²) in [4.78, 5) is 18.5. The molecule has 4 rings (SSSR count). The molecule has 28 heavy (non-hydrogen) atoms. The Morgan fingerprint density at radius 3 is 2.11 bits per heavy atom. The molecule has 2 saturated heterocycles. The van der Waals surface area contributed by atoms with Crippen molar-refractivity contribution >= 4 is 35.0 Å². The first-order valence-corrected chi connectivity index (χ1v) is 9.82. The molecule has 0 atom stereocenters. The second kappa shape index (κ2) is 8.18. The monoisotopic (exact) mass is 404 g/mol. The van der Waals surface area contributed by atoms with Crippen molar-refractivity contribution < 1.29 is 9.18 Å². The summed E-state index contributed by atoms with van der Waals surface area (Å²) in [5.41, 5.74) is 0.474. The molecule has 9 heteroatoms. The van der Waals surface area contributed by atoms with Gasteiger partial charge in [-0.25, -0.2) is 9.18 Å². The molecule has 2 aromatic rings. The zero-order chi connectivity index (χ0) is 19.5. The standard InChI is InChI=1S/C19H22ClFN6O/c20-15-13-14(3-4-16(15)21)22-19(28)27-11-9-26(10-12-27)18-6-5-17(23-24-18)25-7-1-2-8-25/h3-6,13H,1-2,7-12H2,(H,22,28). The third-order valence-corrected chi connectivity index (χ3v) is 5.42. The number of nitrogens with zero attached hydrogens (tertiary/aromatic N) is 5. The molecule has 0 spiro atoms. The summed E-state index contributed by atoms with van der Waals surface area (Å²) in [6.45, 7) is 4.57. The van der Waals surface area contributed by atoms with E-state index in [2.05, 4.69) is 25.3 Å². The van der Waals surface area contributed by atoms with E-state index in [9.17, 15) is 9.18 Å². The Kier molecular flexibility index (Phi) is 5.47. The lowest BCUT2D eigenvalue weighted by Crippen LogP contribution is -2.50. The number of hydrogen-bond donors (Lipinski definition) is 1. The molecule has 2 amide bonds.